The van der Waals surface area contributed by atoms with Crippen LogP contribution in [0.3, 0.4) is 0 Å². The summed E-state index contributed by atoms with van der Waals surface area (Å²) in [5, 5.41) is 1.75. The van der Waals surface area contributed by atoms with Crippen LogP contribution in [0.2, 0.25) is 0 Å². The van der Waals surface area contributed by atoms with E-state index in [1.165, 1.54) is 35.3 Å². The first-order valence-electron chi connectivity index (χ1n) is 5.70. The van der Waals surface area contributed by atoms with E-state index in [1.807, 2.05) is 0 Å². The second-order valence-corrected chi connectivity index (χ2v) is 8.16. The highest BCUT2D eigenvalue weighted by atomic mass is 32.2. The molecule has 19 heavy (non-hydrogen) atoms. The van der Waals surface area contributed by atoms with Crippen molar-refractivity contribution < 1.29 is 4.79 Å². The van der Waals surface area contributed by atoms with Gasteiger partial charge in [0.15, 0.2) is 0 Å². The van der Waals surface area contributed by atoms with E-state index in [2.05, 4.69) is 9.97 Å². The molecule has 0 radical (unpaired) electrons. The Labute approximate surface area is 127 Å². The molecule has 2 fully saturated rings. The van der Waals surface area contributed by atoms with Crippen molar-refractivity contribution in [2.75, 3.05) is 0 Å². The summed E-state index contributed by atoms with van der Waals surface area (Å²) in [6, 6.07) is 0.334. The fourth-order valence-electron chi connectivity index (χ4n) is 1.89. The Kier molecular flexibility index (Phi) is 2.87. The first-order valence-corrected chi connectivity index (χ1v) is 8.56. The number of thioether (sulfide) groups is 3. The number of nitrogens with zero attached hydrogens (tertiary/aromatic N) is 3. The van der Waals surface area contributed by atoms with Crippen molar-refractivity contribution in [3.63, 3.8) is 0 Å². The Morgan fingerprint density at radius 2 is 1.79 bits per heavy atom. The smallest absolute Gasteiger partial charge is 0.268 e. The number of hydrogen-bond donors (Lipinski definition) is 0. The summed E-state index contributed by atoms with van der Waals surface area (Å²) < 4.78 is 1.65. The molecule has 0 spiro atoms. The summed E-state index contributed by atoms with van der Waals surface area (Å²) in [5.41, 5.74) is 0. The van der Waals surface area contributed by atoms with Crippen molar-refractivity contribution in [2.45, 2.75) is 28.9 Å². The summed E-state index contributed by atoms with van der Waals surface area (Å²) in [6.07, 6.45) is 5.48. The van der Waals surface area contributed by atoms with E-state index >= 15 is 0 Å². The molecule has 1 aliphatic carbocycles. The molecule has 4 nitrogen and oxygen atoms in total. The maximum Gasteiger partial charge on any atom is 0.268 e. The van der Waals surface area contributed by atoms with Gasteiger partial charge in [0.1, 0.15) is 19.3 Å². The minimum atomic E-state index is 0.0558. The van der Waals surface area contributed by atoms with Crippen LogP contribution < -0.4 is 0 Å². The summed E-state index contributed by atoms with van der Waals surface area (Å²) in [6.45, 7) is 0. The SMILES string of the molecule is O=C1C(=C2Sc3nccnc3S2)SC(=S)N1C1CC1. The average Bonchev–Trinajstić information content (AvgIpc) is 3.05. The van der Waals surface area contributed by atoms with Crippen molar-refractivity contribution >= 4 is 57.7 Å². The molecule has 2 aliphatic heterocycles. The molecule has 0 N–H and O–H groups in total. The van der Waals surface area contributed by atoms with Gasteiger partial charge in [-0.3, -0.25) is 9.69 Å². The van der Waals surface area contributed by atoms with Gasteiger partial charge in [-0.15, -0.1) is 0 Å². The van der Waals surface area contributed by atoms with E-state index in [0.717, 1.165) is 32.0 Å². The van der Waals surface area contributed by atoms with E-state index in [0.29, 0.717) is 10.4 Å². The highest BCUT2D eigenvalue weighted by Crippen LogP contribution is 2.54. The molecule has 1 aromatic rings. The summed E-state index contributed by atoms with van der Waals surface area (Å²) in [4.78, 5) is 23.5. The van der Waals surface area contributed by atoms with Crippen LogP contribution in [0.4, 0.5) is 0 Å². The first kappa shape index (κ1) is 12.2. The minimum absolute atomic E-state index is 0.0558. The van der Waals surface area contributed by atoms with Gasteiger partial charge in [-0.2, -0.15) is 0 Å². The van der Waals surface area contributed by atoms with Crippen molar-refractivity contribution in [1.29, 1.82) is 0 Å². The van der Waals surface area contributed by atoms with E-state index in [9.17, 15) is 4.79 Å². The monoisotopic (exact) mass is 325 g/mol. The van der Waals surface area contributed by atoms with Crippen LogP contribution in [-0.2, 0) is 4.79 Å². The van der Waals surface area contributed by atoms with E-state index in [1.54, 1.807) is 17.3 Å². The van der Waals surface area contributed by atoms with Crippen LogP contribution in [-0.4, -0.2) is 31.1 Å². The van der Waals surface area contributed by atoms with Crippen LogP contribution >= 0.6 is 47.5 Å². The molecule has 1 amide bonds. The summed E-state index contributed by atoms with van der Waals surface area (Å²) >= 11 is 9.75. The normalized spacial score (nSPS) is 22.4. The van der Waals surface area contributed by atoms with E-state index in [4.69, 9.17) is 12.2 Å². The number of thiocarbonyl (C=S) groups is 1. The number of hydrogen-bond acceptors (Lipinski definition) is 7. The van der Waals surface area contributed by atoms with Crippen LogP contribution in [0.25, 0.3) is 0 Å². The number of amides is 1. The van der Waals surface area contributed by atoms with Gasteiger partial charge in [0, 0.05) is 18.4 Å². The zero-order chi connectivity index (χ0) is 13.0. The third-order valence-electron chi connectivity index (χ3n) is 2.91. The maximum atomic E-state index is 12.4. The third kappa shape index (κ3) is 2.01. The molecule has 0 atom stereocenters. The van der Waals surface area contributed by atoms with Crippen molar-refractivity contribution in [3.05, 3.63) is 21.5 Å². The zero-order valence-corrected chi connectivity index (χ0v) is 12.8. The molecular weight excluding hydrogens is 318 g/mol. The van der Waals surface area contributed by atoms with Gasteiger partial charge < -0.3 is 0 Å². The molecule has 3 heterocycles. The van der Waals surface area contributed by atoms with Gasteiger partial charge in [0.25, 0.3) is 5.91 Å². The van der Waals surface area contributed by atoms with Crippen LogP contribution in [0.5, 0.6) is 0 Å². The largest absolute Gasteiger partial charge is 0.290 e. The van der Waals surface area contributed by atoms with E-state index in [-0.39, 0.29) is 5.91 Å². The third-order valence-corrected chi connectivity index (χ3v) is 6.96. The fraction of sp³-hybridized carbons (Fsp3) is 0.273. The predicted molar refractivity (Wildman–Crippen MR) is 80.8 cm³/mol. The Bertz CT molecular complexity index is 614. The molecule has 0 unspecified atom stereocenters. The fourth-order valence-corrected chi connectivity index (χ4v) is 5.76. The quantitative estimate of drug-likeness (QED) is 0.581. The van der Waals surface area contributed by atoms with Crippen molar-refractivity contribution in [3.8, 4) is 0 Å². The Hall–Kier alpha value is -0.570. The number of carbonyl (C=O) groups is 1. The molecule has 0 bridgehead atoms. The molecule has 1 saturated carbocycles. The Balaban J connectivity index is 1.69. The second kappa shape index (κ2) is 4.47. The maximum absolute atomic E-state index is 12.4. The van der Waals surface area contributed by atoms with E-state index < -0.39 is 0 Å². The first-order chi connectivity index (χ1) is 9.24. The van der Waals surface area contributed by atoms with Crippen molar-refractivity contribution in [1.82, 2.24) is 14.9 Å². The van der Waals surface area contributed by atoms with Gasteiger partial charge in [-0.05, 0) is 12.8 Å². The van der Waals surface area contributed by atoms with Gasteiger partial charge in [0.05, 0.1) is 4.24 Å². The standard InChI is InChI=1S/C11H7N3OS4/c15-9-6(17-11(16)14(9)5-1-2-5)10-18-7-8(19-10)13-4-3-12-7/h3-5H,1-2H2. The highest BCUT2D eigenvalue weighted by molar-refractivity contribution is 8.30. The molecule has 4 rings (SSSR count). The Morgan fingerprint density at radius 3 is 2.37 bits per heavy atom. The predicted octanol–water partition coefficient (Wildman–Crippen LogP) is 2.87. The number of fused-ring (bicyclic) bond motifs is 1. The number of aromatic nitrogens is 2. The highest BCUT2D eigenvalue weighted by Gasteiger charge is 2.44. The number of rotatable bonds is 1. The molecule has 0 aromatic carbocycles. The lowest BCUT2D eigenvalue weighted by molar-refractivity contribution is -0.122. The Morgan fingerprint density at radius 1 is 1.16 bits per heavy atom. The lowest BCUT2D eigenvalue weighted by Crippen LogP contribution is -2.30. The van der Waals surface area contributed by atoms with Gasteiger partial charge in [-0.1, -0.05) is 47.5 Å². The van der Waals surface area contributed by atoms with Gasteiger partial charge in [-0.25, -0.2) is 9.97 Å². The average molecular weight is 325 g/mol. The van der Waals surface area contributed by atoms with Crippen LogP contribution in [0.15, 0.2) is 31.6 Å². The van der Waals surface area contributed by atoms with Crippen LogP contribution in [0.1, 0.15) is 12.8 Å². The minimum Gasteiger partial charge on any atom is -0.290 e. The molecule has 3 aliphatic rings. The van der Waals surface area contributed by atoms with Gasteiger partial charge >= 0.3 is 0 Å². The topological polar surface area (TPSA) is 46.1 Å². The second-order valence-electron chi connectivity index (χ2n) is 4.26. The van der Waals surface area contributed by atoms with Crippen molar-refractivity contribution in [2.24, 2.45) is 0 Å². The van der Waals surface area contributed by atoms with Gasteiger partial charge in [0.2, 0.25) is 0 Å². The molecule has 96 valence electrons. The molecule has 1 saturated heterocycles. The summed E-state index contributed by atoms with van der Waals surface area (Å²) in [5.74, 6) is 0.0558. The lowest BCUT2D eigenvalue weighted by Gasteiger charge is -2.12. The molecular formula is C11H7N3OS4. The molecule has 1 aromatic heterocycles. The zero-order valence-electron chi connectivity index (χ0n) is 9.53. The lowest BCUT2D eigenvalue weighted by atomic mass is 10.5. The number of carbonyl (C=O) groups excluding carboxylic acids is 1. The summed E-state index contributed by atoms with van der Waals surface area (Å²) in [7, 11) is 0. The molecule has 8 heteroatoms. The van der Waals surface area contributed by atoms with Crippen LogP contribution in [0, 0.1) is 0 Å².